The zero-order valence-corrected chi connectivity index (χ0v) is 12.4. The average molecular weight is 288 g/mol. The summed E-state index contributed by atoms with van der Waals surface area (Å²) in [5.74, 6) is 0. The summed E-state index contributed by atoms with van der Waals surface area (Å²) in [5.41, 5.74) is 6.34. The lowest BCUT2D eigenvalue weighted by atomic mass is 9.73. The van der Waals surface area contributed by atoms with Crippen LogP contribution in [0, 0.1) is 5.41 Å². The van der Waals surface area contributed by atoms with E-state index in [2.05, 4.69) is 9.88 Å². The van der Waals surface area contributed by atoms with Crippen LogP contribution in [-0.4, -0.2) is 23.0 Å². The van der Waals surface area contributed by atoms with Gasteiger partial charge in [0.2, 0.25) is 0 Å². The molecule has 1 spiro atoms. The summed E-state index contributed by atoms with van der Waals surface area (Å²) >= 11 is 1.63. The normalized spacial score (nSPS) is 23.1. The second kappa shape index (κ2) is 5.76. The minimum absolute atomic E-state index is 0. The van der Waals surface area contributed by atoms with Crippen molar-refractivity contribution in [3.63, 3.8) is 0 Å². The van der Waals surface area contributed by atoms with Gasteiger partial charge in [-0.25, -0.2) is 4.98 Å². The first-order valence-corrected chi connectivity index (χ1v) is 7.50. The molecule has 2 fully saturated rings. The fourth-order valence-electron chi connectivity index (χ4n) is 3.49. The highest BCUT2D eigenvalue weighted by Crippen LogP contribution is 2.44. The molecule has 0 amide bonds. The first-order valence-electron chi connectivity index (χ1n) is 6.68. The number of nitrogens with zero attached hydrogens (tertiary/aromatic N) is 2. The SMILES string of the molecule is Cl.Nc1ncc(CN2CCC3(CCCCC3)C2)s1. The number of rotatable bonds is 2. The number of anilines is 1. The molecule has 1 aromatic heterocycles. The second-order valence-corrected chi connectivity index (χ2v) is 6.83. The molecular weight excluding hydrogens is 266 g/mol. The lowest BCUT2D eigenvalue weighted by molar-refractivity contribution is 0.184. The van der Waals surface area contributed by atoms with E-state index in [0.29, 0.717) is 10.5 Å². The molecule has 1 aliphatic carbocycles. The molecule has 0 radical (unpaired) electrons. The monoisotopic (exact) mass is 287 g/mol. The Morgan fingerprint density at radius 1 is 1.28 bits per heavy atom. The Labute approximate surface area is 119 Å². The van der Waals surface area contributed by atoms with Crippen molar-refractivity contribution in [1.29, 1.82) is 0 Å². The number of nitrogens with two attached hydrogens (primary N) is 1. The van der Waals surface area contributed by atoms with E-state index < -0.39 is 0 Å². The van der Waals surface area contributed by atoms with Crippen LogP contribution >= 0.6 is 23.7 Å². The van der Waals surface area contributed by atoms with Crippen LogP contribution in [0.2, 0.25) is 0 Å². The molecule has 5 heteroatoms. The van der Waals surface area contributed by atoms with Crippen molar-refractivity contribution in [3.05, 3.63) is 11.1 Å². The number of hydrogen-bond acceptors (Lipinski definition) is 4. The van der Waals surface area contributed by atoms with E-state index in [1.165, 1.54) is 56.5 Å². The predicted octanol–water partition coefficient (Wildman–Crippen LogP) is 3.30. The minimum atomic E-state index is 0. The van der Waals surface area contributed by atoms with Crippen LogP contribution in [0.3, 0.4) is 0 Å². The van der Waals surface area contributed by atoms with Crippen molar-refractivity contribution in [2.45, 2.75) is 45.1 Å². The maximum atomic E-state index is 5.68. The topological polar surface area (TPSA) is 42.1 Å². The van der Waals surface area contributed by atoms with Crippen LogP contribution in [0.4, 0.5) is 5.13 Å². The summed E-state index contributed by atoms with van der Waals surface area (Å²) in [7, 11) is 0. The molecule has 3 nitrogen and oxygen atoms in total. The molecule has 1 aliphatic heterocycles. The Bertz CT molecular complexity index is 387. The number of hydrogen-bond donors (Lipinski definition) is 1. The number of nitrogen functional groups attached to an aromatic ring is 1. The van der Waals surface area contributed by atoms with Gasteiger partial charge in [-0.3, -0.25) is 4.90 Å². The van der Waals surface area contributed by atoms with Crippen LogP contribution in [0.1, 0.15) is 43.4 Å². The van der Waals surface area contributed by atoms with E-state index in [-0.39, 0.29) is 12.4 Å². The molecule has 0 atom stereocenters. The Hall–Kier alpha value is -0.320. The van der Waals surface area contributed by atoms with E-state index in [4.69, 9.17) is 5.73 Å². The van der Waals surface area contributed by atoms with Gasteiger partial charge in [0.25, 0.3) is 0 Å². The zero-order valence-electron chi connectivity index (χ0n) is 10.7. The molecule has 102 valence electrons. The van der Waals surface area contributed by atoms with Crippen LogP contribution < -0.4 is 5.73 Å². The van der Waals surface area contributed by atoms with Crippen LogP contribution in [0.5, 0.6) is 0 Å². The summed E-state index contributed by atoms with van der Waals surface area (Å²) in [6, 6.07) is 0. The van der Waals surface area contributed by atoms with Gasteiger partial charge in [0, 0.05) is 24.2 Å². The maximum Gasteiger partial charge on any atom is 0.180 e. The van der Waals surface area contributed by atoms with Crippen LogP contribution in [0.25, 0.3) is 0 Å². The summed E-state index contributed by atoms with van der Waals surface area (Å²) in [4.78, 5) is 8.04. The highest BCUT2D eigenvalue weighted by molar-refractivity contribution is 7.15. The van der Waals surface area contributed by atoms with E-state index in [9.17, 15) is 0 Å². The number of aromatic nitrogens is 1. The van der Waals surface area contributed by atoms with Crippen molar-refractivity contribution in [2.24, 2.45) is 5.41 Å². The van der Waals surface area contributed by atoms with Gasteiger partial charge in [0.05, 0.1) is 0 Å². The molecule has 1 saturated carbocycles. The second-order valence-electron chi connectivity index (χ2n) is 5.69. The van der Waals surface area contributed by atoms with E-state index in [0.717, 1.165) is 6.54 Å². The molecule has 3 rings (SSSR count). The largest absolute Gasteiger partial charge is 0.375 e. The highest BCUT2D eigenvalue weighted by atomic mass is 35.5. The number of likely N-dealkylation sites (tertiary alicyclic amines) is 1. The van der Waals surface area contributed by atoms with Gasteiger partial charge in [-0.15, -0.1) is 23.7 Å². The summed E-state index contributed by atoms with van der Waals surface area (Å²) in [6.45, 7) is 3.61. The van der Waals surface area contributed by atoms with Crippen LogP contribution in [-0.2, 0) is 6.54 Å². The quantitative estimate of drug-likeness (QED) is 0.907. The maximum absolute atomic E-state index is 5.68. The molecular formula is C13H22ClN3S. The standard InChI is InChI=1S/C13H21N3S.ClH/c14-12-15-8-11(17-12)9-16-7-6-13(10-16)4-2-1-3-5-13;/h8H,1-7,9-10H2,(H2,14,15);1H. The summed E-state index contributed by atoms with van der Waals surface area (Å²) < 4.78 is 0. The lowest BCUT2D eigenvalue weighted by Gasteiger charge is -2.33. The Morgan fingerprint density at radius 3 is 2.72 bits per heavy atom. The molecule has 0 unspecified atom stereocenters. The molecule has 0 aromatic carbocycles. The Balaban J connectivity index is 0.00000120. The van der Waals surface area contributed by atoms with Gasteiger partial charge in [-0.1, -0.05) is 19.3 Å². The smallest absolute Gasteiger partial charge is 0.180 e. The van der Waals surface area contributed by atoms with Gasteiger partial charge >= 0.3 is 0 Å². The summed E-state index contributed by atoms with van der Waals surface area (Å²) in [6.07, 6.45) is 10.6. The number of halogens is 1. The van der Waals surface area contributed by atoms with E-state index >= 15 is 0 Å². The van der Waals surface area contributed by atoms with Crippen molar-refractivity contribution < 1.29 is 0 Å². The third-order valence-corrected chi connectivity index (χ3v) is 5.19. The predicted molar refractivity (Wildman–Crippen MR) is 79.2 cm³/mol. The number of thiazole rings is 1. The van der Waals surface area contributed by atoms with Crippen molar-refractivity contribution in [1.82, 2.24) is 9.88 Å². The van der Waals surface area contributed by atoms with Gasteiger partial charge in [0.1, 0.15) is 0 Å². The molecule has 2 N–H and O–H groups in total. The van der Waals surface area contributed by atoms with Crippen molar-refractivity contribution >= 4 is 28.9 Å². The molecule has 1 aromatic rings. The average Bonchev–Trinajstić information content (AvgIpc) is 2.89. The Morgan fingerprint density at radius 2 is 2.06 bits per heavy atom. The van der Waals surface area contributed by atoms with E-state index in [1.807, 2.05) is 6.20 Å². The molecule has 2 aliphatic rings. The third kappa shape index (κ3) is 2.98. The first-order chi connectivity index (χ1) is 8.26. The van der Waals surface area contributed by atoms with Gasteiger partial charge in [-0.2, -0.15) is 0 Å². The Kier molecular flexibility index (Phi) is 4.51. The zero-order chi connectivity index (χ0) is 11.7. The summed E-state index contributed by atoms with van der Waals surface area (Å²) in [5, 5.41) is 0.701. The molecule has 2 heterocycles. The third-order valence-electron chi connectivity index (χ3n) is 4.38. The van der Waals surface area contributed by atoms with Crippen molar-refractivity contribution in [2.75, 3.05) is 18.8 Å². The lowest BCUT2D eigenvalue weighted by Crippen LogP contribution is -2.28. The van der Waals surface area contributed by atoms with Crippen LogP contribution in [0.15, 0.2) is 6.20 Å². The van der Waals surface area contributed by atoms with Gasteiger partial charge in [0.15, 0.2) is 5.13 Å². The molecule has 18 heavy (non-hydrogen) atoms. The molecule has 0 bridgehead atoms. The van der Waals surface area contributed by atoms with Gasteiger partial charge in [-0.05, 0) is 31.2 Å². The van der Waals surface area contributed by atoms with Crippen molar-refractivity contribution in [3.8, 4) is 0 Å². The highest BCUT2D eigenvalue weighted by Gasteiger charge is 2.38. The fourth-order valence-corrected chi connectivity index (χ4v) is 4.22. The van der Waals surface area contributed by atoms with Gasteiger partial charge < -0.3 is 5.73 Å². The first kappa shape index (κ1) is 14.1. The van der Waals surface area contributed by atoms with E-state index in [1.54, 1.807) is 11.3 Å². The molecule has 1 saturated heterocycles. The fraction of sp³-hybridized carbons (Fsp3) is 0.769. The minimum Gasteiger partial charge on any atom is -0.375 e.